The van der Waals surface area contributed by atoms with Crippen LogP contribution in [-0.2, 0) is 9.59 Å². The van der Waals surface area contributed by atoms with Gasteiger partial charge in [0.05, 0.1) is 6.42 Å². The van der Waals surface area contributed by atoms with Crippen molar-refractivity contribution in [1.82, 2.24) is 4.90 Å². The van der Waals surface area contributed by atoms with Crippen molar-refractivity contribution in [2.45, 2.75) is 18.8 Å². The van der Waals surface area contributed by atoms with Crippen LogP contribution in [-0.4, -0.2) is 35.5 Å². The number of hydrogen-bond donors (Lipinski definition) is 1. The Hall–Kier alpha value is -1.98. The molecule has 0 aromatic heterocycles. The number of nitrogens with zero attached hydrogens (tertiary/aromatic N) is 1. The fourth-order valence-corrected chi connectivity index (χ4v) is 2.27. The van der Waals surface area contributed by atoms with Gasteiger partial charge in [-0.1, -0.05) is 6.07 Å². The number of hydrogen-bond acceptors (Lipinski definition) is 2. The molecule has 0 heterocycles. The first-order valence-electron chi connectivity index (χ1n) is 6.32. The average molecular weight is 283 g/mol. The van der Waals surface area contributed by atoms with E-state index in [-0.39, 0.29) is 30.7 Å². The van der Waals surface area contributed by atoms with Gasteiger partial charge in [0.2, 0.25) is 5.91 Å². The van der Waals surface area contributed by atoms with Crippen molar-refractivity contribution in [2.24, 2.45) is 5.92 Å². The Morgan fingerprint density at radius 2 is 2.10 bits per heavy atom. The van der Waals surface area contributed by atoms with E-state index in [2.05, 4.69) is 0 Å². The van der Waals surface area contributed by atoms with Crippen LogP contribution < -0.4 is 0 Å². The molecule has 0 saturated heterocycles. The minimum atomic E-state index is -0.971. The lowest BCUT2D eigenvalue weighted by atomic mass is 10.1. The van der Waals surface area contributed by atoms with Crippen molar-refractivity contribution in [2.75, 3.05) is 13.6 Å². The molecule has 1 aliphatic rings. The van der Waals surface area contributed by atoms with Crippen molar-refractivity contribution >= 4 is 11.9 Å². The largest absolute Gasteiger partial charge is 0.481 e. The third-order valence-corrected chi connectivity index (χ3v) is 3.51. The van der Waals surface area contributed by atoms with Gasteiger partial charge in [-0.3, -0.25) is 9.59 Å². The summed E-state index contributed by atoms with van der Waals surface area (Å²) in [7, 11) is 1.53. The molecule has 1 aliphatic carbocycles. The minimum absolute atomic E-state index is 0.120. The van der Waals surface area contributed by atoms with E-state index in [9.17, 15) is 18.4 Å². The number of halogens is 2. The number of aliphatic carboxylic acids is 1. The highest BCUT2D eigenvalue weighted by atomic mass is 19.1. The maximum Gasteiger partial charge on any atom is 0.305 e. The molecule has 108 valence electrons. The van der Waals surface area contributed by atoms with Crippen LogP contribution in [0.5, 0.6) is 0 Å². The molecule has 0 radical (unpaired) electrons. The SMILES string of the molecule is CN(CCC(=O)O)C(=O)[C@@H]1C[C@H]1c1ccc(F)cc1F. The van der Waals surface area contributed by atoms with Crippen LogP contribution in [0.15, 0.2) is 18.2 Å². The molecule has 1 saturated carbocycles. The molecule has 1 N–H and O–H groups in total. The van der Waals surface area contributed by atoms with E-state index in [0.29, 0.717) is 12.0 Å². The monoisotopic (exact) mass is 283 g/mol. The Morgan fingerprint density at radius 1 is 1.40 bits per heavy atom. The first-order valence-corrected chi connectivity index (χ1v) is 6.32. The molecule has 0 spiro atoms. The van der Waals surface area contributed by atoms with E-state index in [1.165, 1.54) is 24.1 Å². The first kappa shape index (κ1) is 14.4. The number of carboxylic acids is 1. The zero-order valence-corrected chi connectivity index (χ0v) is 11.0. The molecule has 1 aromatic carbocycles. The molecule has 1 amide bonds. The second-order valence-electron chi connectivity index (χ2n) is 5.02. The number of carbonyl (C=O) groups excluding carboxylic acids is 1. The molecule has 2 rings (SSSR count). The molecule has 20 heavy (non-hydrogen) atoms. The average Bonchev–Trinajstić information content (AvgIpc) is 3.15. The highest BCUT2D eigenvalue weighted by Crippen LogP contribution is 2.49. The van der Waals surface area contributed by atoms with Gasteiger partial charge in [-0.05, 0) is 24.0 Å². The van der Waals surface area contributed by atoms with Crippen molar-refractivity contribution in [3.63, 3.8) is 0 Å². The normalized spacial score (nSPS) is 20.6. The summed E-state index contributed by atoms with van der Waals surface area (Å²) in [6.45, 7) is 0.128. The van der Waals surface area contributed by atoms with Gasteiger partial charge in [0.15, 0.2) is 0 Å². The van der Waals surface area contributed by atoms with Crippen molar-refractivity contribution < 1.29 is 23.5 Å². The van der Waals surface area contributed by atoms with E-state index in [1.54, 1.807) is 0 Å². The zero-order valence-electron chi connectivity index (χ0n) is 11.0. The van der Waals surface area contributed by atoms with Crippen LogP contribution >= 0.6 is 0 Å². The summed E-state index contributed by atoms with van der Waals surface area (Å²) in [5.74, 6) is -3.03. The zero-order chi connectivity index (χ0) is 14.9. The Labute approximate surface area is 115 Å². The molecule has 1 fully saturated rings. The Morgan fingerprint density at radius 3 is 2.70 bits per heavy atom. The summed E-state index contributed by atoms with van der Waals surface area (Å²) in [5.41, 5.74) is 0.344. The third-order valence-electron chi connectivity index (χ3n) is 3.51. The third kappa shape index (κ3) is 3.12. The summed E-state index contributed by atoms with van der Waals surface area (Å²) in [5, 5.41) is 8.57. The van der Waals surface area contributed by atoms with Gasteiger partial charge in [0, 0.05) is 25.6 Å². The smallest absolute Gasteiger partial charge is 0.305 e. The van der Waals surface area contributed by atoms with Crippen LogP contribution in [0.1, 0.15) is 24.3 Å². The van der Waals surface area contributed by atoms with Gasteiger partial charge in [0.25, 0.3) is 0 Å². The molecular formula is C14H15F2NO3. The maximum absolute atomic E-state index is 13.6. The number of benzene rings is 1. The number of rotatable bonds is 5. The summed E-state index contributed by atoms with van der Waals surface area (Å²) < 4.78 is 26.4. The lowest BCUT2D eigenvalue weighted by Gasteiger charge is -2.16. The Balaban J connectivity index is 1.97. The highest BCUT2D eigenvalue weighted by molar-refractivity contribution is 5.83. The molecule has 2 atom stereocenters. The standard InChI is InChI=1S/C14H15F2NO3/c1-17(5-4-13(18)19)14(20)11-7-10(11)9-3-2-8(15)6-12(9)16/h2-3,6,10-11H,4-5,7H2,1H3,(H,18,19)/t10-,11+/m0/s1. The topological polar surface area (TPSA) is 57.6 Å². The number of amides is 1. The van der Waals surface area contributed by atoms with Crippen molar-refractivity contribution in [3.05, 3.63) is 35.4 Å². The van der Waals surface area contributed by atoms with Crippen LogP contribution in [0.25, 0.3) is 0 Å². The lowest BCUT2D eigenvalue weighted by molar-refractivity contribution is -0.138. The molecule has 0 bridgehead atoms. The van der Waals surface area contributed by atoms with Crippen molar-refractivity contribution in [1.29, 1.82) is 0 Å². The molecule has 0 aliphatic heterocycles. The fraction of sp³-hybridized carbons (Fsp3) is 0.429. The summed E-state index contributed by atoms with van der Waals surface area (Å²) in [4.78, 5) is 23.8. The number of carbonyl (C=O) groups is 2. The fourth-order valence-electron chi connectivity index (χ4n) is 2.27. The van der Waals surface area contributed by atoms with Gasteiger partial charge in [0.1, 0.15) is 11.6 Å². The van der Waals surface area contributed by atoms with Crippen LogP contribution in [0.2, 0.25) is 0 Å². The van der Waals surface area contributed by atoms with E-state index >= 15 is 0 Å². The number of carboxylic acid groups (broad SMARTS) is 1. The van der Waals surface area contributed by atoms with Crippen LogP contribution in [0.3, 0.4) is 0 Å². The summed E-state index contributed by atoms with van der Waals surface area (Å²) >= 11 is 0. The van der Waals surface area contributed by atoms with E-state index < -0.39 is 17.6 Å². The van der Waals surface area contributed by atoms with Gasteiger partial charge in [-0.15, -0.1) is 0 Å². The Bertz CT molecular complexity index is 547. The molecule has 1 aromatic rings. The lowest BCUT2D eigenvalue weighted by Crippen LogP contribution is -2.30. The van der Waals surface area contributed by atoms with Crippen LogP contribution in [0.4, 0.5) is 8.78 Å². The van der Waals surface area contributed by atoms with Gasteiger partial charge >= 0.3 is 5.97 Å². The highest BCUT2D eigenvalue weighted by Gasteiger charge is 2.46. The first-order chi connectivity index (χ1) is 9.40. The summed E-state index contributed by atoms with van der Waals surface area (Å²) in [6.07, 6.45) is 0.392. The second kappa shape index (κ2) is 5.56. The molecule has 0 unspecified atom stereocenters. The van der Waals surface area contributed by atoms with Crippen molar-refractivity contribution in [3.8, 4) is 0 Å². The maximum atomic E-state index is 13.6. The van der Waals surface area contributed by atoms with E-state index in [4.69, 9.17) is 5.11 Å². The predicted octanol–water partition coefficient (Wildman–Crippen LogP) is 2.00. The summed E-state index contributed by atoms with van der Waals surface area (Å²) in [6, 6.07) is 3.34. The Kier molecular flexibility index (Phi) is 4.01. The van der Waals surface area contributed by atoms with E-state index in [0.717, 1.165) is 6.07 Å². The molecule has 4 nitrogen and oxygen atoms in total. The minimum Gasteiger partial charge on any atom is -0.481 e. The van der Waals surface area contributed by atoms with Gasteiger partial charge in [-0.2, -0.15) is 0 Å². The van der Waals surface area contributed by atoms with Gasteiger partial charge < -0.3 is 10.0 Å². The van der Waals surface area contributed by atoms with E-state index in [1.807, 2.05) is 0 Å². The van der Waals surface area contributed by atoms with Crippen LogP contribution in [0, 0.1) is 17.6 Å². The van der Waals surface area contributed by atoms with Gasteiger partial charge in [-0.25, -0.2) is 8.78 Å². The predicted molar refractivity (Wildman–Crippen MR) is 67.1 cm³/mol. The second-order valence-corrected chi connectivity index (χ2v) is 5.02. The molecule has 6 heteroatoms. The quantitative estimate of drug-likeness (QED) is 0.899. The molecular weight excluding hydrogens is 268 g/mol.